The second-order valence-corrected chi connectivity index (χ2v) is 6.34. The van der Waals surface area contributed by atoms with Crippen LogP contribution in [0, 0.1) is 5.92 Å². The van der Waals surface area contributed by atoms with Crippen molar-refractivity contribution in [3.05, 3.63) is 28.7 Å². The number of cyclic esters (lactones) is 1. The molecule has 0 aliphatic carbocycles. The molecule has 0 spiro atoms. The van der Waals surface area contributed by atoms with E-state index >= 15 is 0 Å². The van der Waals surface area contributed by atoms with Gasteiger partial charge in [0.25, 0.3) is 0 Å². The predicted molar refractivity (Wildman–Crippen MR) is 80.9 cm³/mol. The van der Waals surface area contributed by atoms with Crippen molar-refractivity contribution in [2.45, 2.75) is 25.9 Å². The molecule has 6 heteroatoms. The highest BCUT2D eigenvalue weighted by Crippen LogP contribution is 2.32. The number of amides is 1. The molecule has 1 heterocycles. The van der Waals surface area contributed by atoms with Crippen LogP contribution < -0.4 is 10.1 Å². The van der Waals surface area contributed by atoms with E-state index in [1.165, 1.54) is 0 Å². The third-order valence-corrected chi connectivity index (χ3v) is 3.92. The minimum atomic E-state index is -0.742. The molecule has 0 saturated carbocycles. The lowest BCUT2D eigenvalue weighted by molar-refractivity contribution is -0.147. The van der Waals surface area contributed by atoms with Crippen LogP contribution in [0.3, 0.4) is 0 Å². The van der Waals surface area contributed by atoms with Gasteiger partial charge in [-0.05, 0) is 38.1 Å². The normalized spacial score (nSPS) is 20.0. The first-order valence-corrected chi connectivity index (χ1v) is 7.56. The molecule has 1 fully saturated rings. The number of carbonyl (C=O) groups is 2. The van der Waals surface area contributed by atoms with E-state index in [0.29, 0.717) is 13.2 Å². The van der Waals surface area contributed by atoms with Gasteiger partial charge in [0.1, 0.15) is 18.0 Å². The quantitative estimate of drug-likeness (QED) is 0.650. The van der Waals surface area contributed by atoms with E-state index in [-0.39, 0.29) is 18.3 Å². The van der Waals surface area contributed by atoms with Gasteiger partial charge in [-0.1, -0.05) is 15.9 Å². The fourth-order valence-corrected chi connectivity index (χ4v) is 2.49. The number of rotatable bonds is 5. The molecule has 0 bridgehead atoms. The zero-order valence-electron chi connectivity index (χ0n) is 12.0. The minimum Gasteiger partial charge on any atom is -0.492 e. The number of hydrogen-bond acceptors (Lipinski definition) is 4. The molecule has 1 N–H and O–H groups in total. The summed E-state index contributed by atoms with van der Waals surface area (Å²) >= 11 is 3.35. The molecule has 1 aliphatic rings. The highest BCUT2D eigenvalue weighted by molar-refractivity contribution is 9.10. The Kier molecular flexibility index (Phi) is 4.88. The molecule has 1 unspecified atom stereocenters. The van der Waals surface area contributed by atoms with Gasteiger partial charge in [0, 0.05) is 4.47 Å². The zero-order valence-corrected chi connectivity index (χ0v) is 13.6. The highest BCUT2D eigenvalue weighted by Gasteiger charge is 2.45. The molecule has 1 aromatic rings. The second kappa shape index (κ2) is 6.47. The summed E-state index contributed by atoms with van der Waals surface area (Å²) in [5, 5.41) is 2.78. The van der Waals surface area contributed by atoms with Gasteiger partial charge >= 0.3 is 5.97 Å². The van der Waals surface area contributed by atoms with Crippen LogP contribution in [-0.2, 0) is 14.3 Å². The van der Waals surface area contributed by atoms with Gasteiger partial charge in [-0.15, -0.1) is 0 Å². The average molecular weight is 356 g/mol. The second-order valence-electron chi connectivity index (χ2n) is 5.43. The van der Waals surface area contributed by atoms with Crippen LogP contribution in [0.5, 0.6) is 5.75 Å². The van der Waals surface area contributed by atoms with Crippen molar-refractivity contribution in [2.75, 3.05) is 13.2 Å². The number of hydrogen-bond donors (Lipinski definition) is 1. The average Bonchev–Trinajstić information content (AvgIpc) is 2.69. The van der Waals surface area contributed by atoms with E-state index in [2.05, 4.69) is 21.2 Å². The Balaban J connectivity index is 1.75. The summed E-state index contributed by atoms with van der Waals surface area (Å²) in [6, 6.07) is 7.47. The Bertz CT molecular complexity index is 527. The van der Waals surface area contributed by atoms with Crippen LogP contribution in [0.15, 0.2) is 28.7 Å². The van der Waals surface area contributed by atoms with Crippen LogP contribution in [0.4, 0.5) is 0 Å². The van der Waals surface area contributed by atoms with E-state index in [4.69, 9.17) is 9.47 Å². The maximum atomic E-state index is 12.1. The molecule has 0 radical (unpaired) electrons. The number of ether oxygens (including phenoxy) is 2. The summed E-state index contributed by atoms with van der Waals surface area (Å²) < 4.78 is 11.6. The van der Waals surface area contributed by atoms with Gasteiger partial charge in [0.15, 0.2) is 0 Å². The van der Waals surface area contributed by atoms with Gasteiger partial charge in [-0.25, -0.2) is 0 Å². The van der Waals surface area contributed by atoms with Crippen molar-refractivity contribution in [1.82, 2.24) is 5.32 Å². The first-order valence-electron chi connectivity index (χ1n) is 6.76. The number of benzene rings is 1. The number of nitrogens with one attached hydrogen (secondary N) is 1. The van der Waals surface area contributed by atoms with Crippen LogP contribution in [-0.4, -0.2) is 30.6 Å². The smallest absolute Gasteiger partial charge is 0.307 e. The molecule has 2 rings (SSSR count). The summed E-state index contributed by atoms with van der Waals surface area (Å²) in [5.74, 6) is -0.207. The Morgan fingerprint density at radius 3 is 2.67 bits per heavy atom. The molecule has 1 amide bonds. The predicted octanol–water partition coefficient (Wildman–Crippen LogP) is 2.29. The van der Waals surface area contributed by atoms with Gasteiger partial charge in [0.2, 0.25) is 5.91 Å². The molecule has 1 atom stereocenters. The Hall–Kier alpha value is -1.56. The van der Waals surface area contributed by atoms with E-state index in [1.54, 1.807) is 13.8 Å². The van der Waals surface area contributed by atoms with Crippen molar-refractivity contribution >= 4 is 27.8 Å². The van der Waals surface area contributed by atoms with Crippen LogP contribution in [0.25, 0.3) is 0 Å². The topological polar surface area (TPSA) is 64.6 Å². The fraction of sp³-hybridized carbons (Fsp3) is 0.467. The lowest BCUT2D eigenvalue weighted by Crippen LogP contribution is -2.41. The first kappa shape index (κ1) is 15.8. The maximum absolute atomic E-state index is 12.1. The molecule has 1 aromatic carbocycles. The lowest BCUT2D eigenvalue weighted by atomic mass is 9.90. The largest absolute Gasteiger partial charge is 0.492 e. The number of carbonyl (C=O) groups excluding carboxylic acids is 2. The van der Waals surface area contributed by atoms with Crippen LogP contribution in [0.1, 0.15) is 20.3 Å². The number of esters is 1. The SMILES string of the molecule is CC1(C)OC(=O)CC1C(=O)NCCOc1ccc(Br)cc1. The van der Waals surface area contributed by atoms with E-state index in [1.807, 2.05) is 24.3 Å². The molecule has 1 saturated heterocycles. The summed E-state index contributed by atoms with van der Waals surface area (Å²) in [6.07, 6.45) is 0.131. The summed E-state index contributed by atoms with van der Waals surface area (Å²) in [7, 11) is 0. The maximum Gasteiger partial charge on any atom is 0.307 e. The molecule has 5 nitrogen and oxygen atoms in total. The number of halogens is 1. The van der Waals surface area contributed by atoms with Gasteiger partial charge in [-0.3, -0.25) is 9.59 Å². The molecular formula is C15H18BrNO4. The monoisotopic (exact) mass is 355 g/mol. The van der Waals surface area contributed by atoms with Crippen molar-refractivity contribution < 1.29 is 19.1 Å². The van der Waals surface area contributed by atoms with Crippen molar-refractivity contribution in [1.29, 1.82) is 0 Å². The molecule has 1 aliphatic heterocycles. The molecule has 21 heavy (non-hydrogen) atoms. The Morgan fingerprint density at radius 1 is 1.43 bits per heavy atom. The van der Waals surface area contributed by atoms with E-state index in [0.717, 1.165) is 10.2 Å². The summed E-state index contributed by atoms with van der Waals surface area (Å²) in [6.45, 7) is 4.26. The van der Waals surface area contributed by atoms with Crippen LogP contribution in [0.2, 0.25) is 0 Å². The Labute approximate surface area is 132 Å². The molecular weight excluding hydrogens is 338 g/mol. The zero-order chi connectivity index (χ0) is 15.5. The van der Waals surface area contributed by atoms with Gasteiger partial charge < -0.3 is 14.8 Å². The lowest BCUT2D eigenvalue weighted by Gasteiger charge is -2.23. The first-order chi connectivity index (χ1) is 9.88. The molecule has 0 aromatic heterocycles. The van der Waals surface area contributed by atoms with Crippen molar-refractivity contribution in [3.8, 4) is 5.75 Å². The Morgan fingerprint density at radius 2 is 2.10 bits per heavy atom. The third kappa shape index (κ3) is 4.20. The summed E-state index contributed by atoms with van der Waals surface area (Å²) in [4.78, 5) is 23.3. The fourth-order valence-electron chi connectivity index (χ4n) is 2.22. The minimum absolute atomic E-state index is 0.131. The summed E-state index contributed by atoms with van der Waals surface area (Å²) in [5.41, 5.74) is -0.742. The van der Waals surface area contributed by atoms with Crippen molar-refractivity contribution in [3.63, 3.8) is 0 Å². The highest BCUT2D eigenvalue weighted by atomic mass is 79.9. The van der Waals surface area contributed by atoms with E-state index < -0.39 is 11.5 Å². The molecule has 114 valence electrons. The van der Waals surface area contributed by atoms with Crippen molar-refractivity contribution in [2.24, 2.45) is 5.92 Å². The van der Waals surface area contributed by atoms with Crippen LogP contribution >= 0.6 is 15.9 Å². The van der Waals surface area contributed by atoms with Gasteiger partial charge in [0.05, 0.1) is 18.9 Å². The third-order valence-electron chi connectivity index (χ3n) is 3.39. The van der Waals surface area contributed by atoms with E-state index in [9.17, 15) is 9.59 Å². The van der Waals surface area contributed by atoms with Gasteiger partial charge in [-0.2, -0.15) is 0 Å². The standard InChI is InChI=1S/C15H18BrNO4/c1-15(2)12(9-13(18)21-15)14(19)17-7-8-20-11-5-3-10(16)4-6-11/h3-6,12H,7-9H2,1-2H3,(H,17,19).